The van der Waals surface area contributed by atoms with E-state index < -0.39 is 11.7 Å². The summed E-state index contributed by atoms with van der Waals surface area (Å²) in [5.41, 5.74) is 1.32. The molecule has 0 bridgehead atoms. The lowest BCUT2D eigenvalue weighted by atomic mass is 10.2. The molecular weight excluding hydrogens is 288 g/mol. The summed E-state index contributed by atoms with van der Waals surface area (Å²) < 4.78 is 6.05. The van der Waals surface area contributed by atoms with Crippen molar-refractivity contribution in [3.63, 3.8) is 0 Å². The third-order valence-corrected chi connectivity index (χ3v) is 3.36. The van der Waals surface area contributed by atoms with Gasteiger partial charge in [0.25, 0.3) is 0 Å². The number of aromatic amines is 1. The Morgan fingerprint density at radius 2 is 2.19 bits per heavy atom. The molecule has 112 valence electrons. The van der Waals surface area contributed by atoms with E-state index in [0.29, 0.717) is 6.54 Å². The number of ether oxygens (including phenoxy) is 1. The second kappa shape index (κ2) is 6.13. The van der Waals surface area contributed by atoms with E-state index in [-0.39, 0.29) is 4.87 Å². The van der Waals surface area contributed by atoms with Crippen LogP contribution in [-0.2, 0) is 4.74 Å². The van der Waals surface area contributed by atoms with Gasteiger partial charge in [0, 0.05) is 6.54 Å². The van der Waals surface area contributed by atoms with Crippen molar-refractivity contribution in [1.82, 2.24) is 10.3 Å². The van der Waals surface area contributed by atoms with E-state index in [2.05, 4.69) is 10.3 Å². The normalized spacial score (nSPS) is 12.0. The fraction of sp³-hybridized carbons (Fsp3) is 0.333. The van der Waals surface area contributed by atoms with Gasteiger partial charge in [0.15, 0.2) is 0 Å². The van der Waals surface area contributed by atoms with Gasteiger partial charge in [0.05, 0.1) is 10.2 Å². The Bertz CT molecular complexity index is 722. The summed E-state index contributed by atoms with van der Waals surface area (Å²) in [5.74, 6) is 0. The number of hydrogen-bond acceptors (Lipinski definition) is 4. The number of aromatic nitrogens is 1. The zero-order valence-corrected chi connectivity index (χ0v) is 13.0. The van der Waals surface area contributed by atoms with Crippen LogP contribution in [0.25, 0.3) is 16.3 Å². The number of alkyl carbamates (subject to hydrolysis) is 1. The van der Waals surface area contributed by atoms with Gasteiger partial charge in [0.1, 0.15) is 5.60 Å². The van der Waals surface area contributed by atoms with Crippen LogP contribution in [0.4, 0.5) is 4.79 Å². The lowest BCUT2D eigenvalue weighted by Crippen LogP contribution is -2.32. The number of benzene rings is 1. The molecule has 2 aromatic rings. The fourth-order valence-corrected chi connectivity index (χ4v) is 2.50. The zero-order chi connectivity index (χ0) is 15.5. The SMILES string of the molecule is CC(C)(C)OC(=O)NCC=Cc1ccc2[nH]c(=O)sc2c1. The molecule has 1 amide bonds. The predicted molar refractivity (Wildman–Crippen MR) is 85.7 cm³/mol. The van der Waals surface area contributed by atoms with Crippen molar-refractivity contribution < 1.29 is 9.53 Å². The van der Waals surface area contributed by atoms with E-state index in [1.807, 2.05) is 51.1 Å². The first-order chi connectivity index (χ1) is 9.83. The van der Waals surface area contributed by atoms with Gasteiger partial charge in [-0.1, -0.05) is 29.6 Å². The molecular formula is C15H18N2O3S. The summed E-state index contributed by atoms with van der Waals surface area (Å²) in [5, 5.41) is 2.65. The first-order valence-corrected chi connectivity index (χ1v) is 7.41. The molecule has 0 unspecified atom stereocenters. The lowest BCUT2D eigenvalue weighted by molar-refractivity contribution is 0.0534. The highest BCUT2D eigenvalue weighted by atomic mass is 32.1. The number of nitrogens with one attached hydrogen (secondary N) is 2. The Kier molecular flexibility index (Phi) is 4.47. The second-order valence-electron chi connectivity index (χ2n) is 5.56. The average molecular weight is 306 g/mol. The van der Waals surface area contributed by atoms with E-state index in [4.69, 9.17) is 4.74 Å². The van der Waals surface area contributed by atoms with Crippen LogP contribution in [0.15, 0.2) is 29.1 Å². The maximum Gasteiger partial charge on any atom is 0.407 e. The predicted octanol–water partition coefficient (Wildman–Crippen LogP) is 3.13. The Labute approximate surface area is 126 Å². The van der Waals surface area contributed by atoms with E-state index in [9.17, 15) is 9.59 Å². The second-order valence-corrected chi connectivity index (χ2v) is 6.57. The van der Waals surface area contributed by atoms with Gasteiger partial charge in [-0.2, -0.15) is 0 Å². The third kappa shape index (κ3) is 4.75. The molecule has 21 heavy (non-hydrogen) atoms. The largest absolute Gasteiger partial charge is 0.444 e. The molecule has 0 saturated heterocycles. The van der Waals surface area contributed by atoms with Gasteiger partial charge in [-0.15, -0.1) is 0 Å². The van der Waals surface area contributed by atoms with Crippen molar-refractivity contribution in [2.24, 2.45) is 0 Å². The molecule has 0 saturated carbocycles. The Morgan fingerprint density at radius 3 is 2.90 bits per heavy atom. The molecule has 1 aromatic carbocycles. The number of thiazole rings is 1. The van der Waals surface area contributed by atoms with Gasteiger partial charge < -0.3 is 15.0 Å². The number of H-pyrrole nitrogens is 1. The first-order valence-electron chi connectivity index (χ1n) is 6.60. The lowest BCUT2D eigenvalue weighted by Gasteiger charge is -2.19. The molecule has 0 spiro atoms. The van der Waals surface area contributed by atoms with Crippen LogP contribution in [-0.4, -0.2) is 23.2 Å². The van der Waals surface area contributed by atoms with Gasteiger partial charge in [-0.05, 0) is 38.5 Å². The number of hydrogen-bond donors (Lipinski definition) is 2. The van der Waals surface area contributed by atoms with Crippen LogP contribution in [0.1, 0.15) is 26.3 Å². The third-order valence-electron chi connectivity index (χ3n) is 2.52. The van der Waals surface area contributed by atoms with Crippen LogP contribution < -0.4 is 10.2 Å². The highest BCUT2D eigenvalue weighted by Crippen LogP contribution is 2.17. The molecule has 6 heteroatoms. The molecule has 1 heterocycles. The topological polar surface area (TPSA) is 71.2 Å². The summed E-state index contributed by atoms with van der Waals surface area (Å²) >= 11 is 1.18. The minimum absolute atomic E-state index is 0.0577. The molecule has 1 aromatic heterocycles. The Morgan fingerprint density at radius 1 is 1.43 bits per heavy atom. The highest BCUT2D eigenvalue weighted by Gasteiger charge is 2.14. The van der Waals surface area contributed by atoms with Crippen molar-refractivity contribution in [1.29, 1.82) is 0 Å². The average Bonchev–Trinajstić information content (AvgIpc) is 2.71. The molecule has 0 radical (unpaired) electrons. The van der Waals surface area contributed by atoms with Crippen molar-refractivity contribution in [2.45, 2.75) is 26.4 Å². The van der Waals surface area contributed by atoms with Crippen LogP contribution in [0.5, 0.6) is 0 Å². The van der Waals surface area contributed by atoms with Crippen LogP contribution >= 0.6 is 11.3 Å². The van der Waals surface area contributed by atoms with Crippen molar-refractivity contribution in [2.75, 3.05) is 6.54 Å². The molecule has 2 N–H and O–H groups in total. The molecule has 0 aliphatic carbocycles. The summed E-state index contributed by atoms with van der Waals surface area (Å²) in [6.45, 7) is 5.84. The monoisotopic (exact) mass is 306 g/mol. The van der Waals surface area contributed by atoms with Crippen LogP contribution in [0.2, 0.25) is 0 Å². The maximum absolute atomic E-state index is 11.4. The molecule has 2 rings (SSSR count). The minimum Gasteiger partial charge on any atom is -0.444 e. The van der Waals surface area contributed by atoms with E-state index in [0.717, 1.165) is 15.8 Å². The standard InChI is InChI=1S/C15H18N2O3S/c1-15(2,3)20-13(18)16-8-4-5-10-6-7-11-12(9-10)21-14(19)17-11/h4-7,9H,8H2,1-3H3,(H,16,18)(H,17,19). The molecule has 0 aliphatic heterocycles. The number of fused-ring (bicyclic) bond motifs is 1. The van der Waals surface area contributed by atoms with Gasteiger partial charge in [0.2, 0.25) is 0 Å². The van der Waals surface area contributed by atoms with Crippen molar-refractivity contribution in [3.8, 4) is 0 Å². The molecule has 5 nitrogen and oxygen atoms in total. The van der Waals surface area contributed by atoms with E-state index in [1.165, 1.54) is 11.3 Å². The Hall–Kier alpha value is -2.08. The van der Waals surface area contributed by atoms with E-state index in [1.54, 1.807) is 0 Å². The number of rotatable bonds is 3. The summed E-state index contributed by atoms with van der Waals surface area (Å²) in [7, 11) is 0. The highest BCUT2D eigenvalue weighted by molar-refractivity contribution is 7.16. The minimum atomic E-state index is -0.495. The molecule has 0 fully saturated rings. The van der Waals surface area contributed by atoms with E-state index >= 15 is 0 Å². The number of amides is 1. The first kappa shape index (κ1) is 15.3. The van der Waals surface area contributed by atoms with Crippen LogP contribution in [0.3, 0.4) is 0 Å². The van der Waals surface area contributed by atoms with Gasteiger partial charge in [-0.25, -0.2) is 4.79 Å². The van der Waals surface area contributed by atoms with Gasteiger partial charge in [-0.3, -0.25) is 4.79 Å². The Balaban J connectivity index is 1.91. The number of carbonyl (C=O) groups is 1. The quantitative estimate of drug-likeness (QED) is 0.915. The summed E-state index contributed by atoms with van der Waals surface area (Å²) in [6.07, 6.45) is 3.29. The molecule has 0 atom stereocenters. The van der Waals surface area contributed by atoms with Gasteiger partial charge >= 0.3 is 11.0 Å². The zero-order valence-electron chi connectivity index (χ0n) is 12.2. The number of carbonyl (C=O) groups excluding carboxylic acids is 1. The maximum atomic E-state index is 11.4. The molecule has 0 aliphatic rings. The summed E-state index contributed by atoms with van der Waals surface area (Å²) in [4.78, 5) is 25.4. The van der Waals surface area contributed by atoms with Crippen molar-refractivity contribution >= 4 is 33.7 Å². The van der Waals surface area contributed by atoms with Crippen molar-refractivity contribution in [3.05, 3.63) is 39.5 Å². The fourth-order valence-electron chi connectivity index (χ4n) is 1.72. The smallest absolute Gasteiger partial charge is 0.407 e. The van der Waals surface area contributed by atoms with Crippen LogP contribution in [0, 0.1) is 0 Å². The summed E-state index contributed by atoms with van der Waals surface area (Å²) in [6, 6.07) is 5.71.